The van der Waals surface area contributed by atoms with Crippen LogP contribution in [0, 0.1) is 0 Å². The molecule has 1 aliphatic rings. The van der Waals surface area contributed by atoms with Gasteiger partial charge in [-0.3, -0.25) is 36.5 Å². The molecule has 0 bridgehead atoms. The van der Waals surface area contributed by atoms with E-state index >= 15 is 0 Å². The zero-order valence-electron chi connectivity index (χ0n) is 20.9. The van der Waals surface area contributed by atoms with Gasteiger partial charge in [-0.1, -0.05) is 12.8 Å². The lowest BCUT2D eigenvalue weighted by Crippen LogP contribution is -2.75. The molecule has 1 saturated heterocycles. The molecule has 0 aromatic heterocycles. The summed E-state index contributed by atoms with van der Waals surface area (Å²) < 4.78 is 104. The second-order valence-electron chi connectivity index (χ2n) is 9.24. The Hall–Kier alpha value is 1.16. The van der Waals surface area contributed by atoms with E-state index in [4.69, 9.17) is 0 Å². The van der Waals surface area contributed by atoms with Crippen LogP contribution in [0.1, 0.15) is 32.1 Å². The number of hydrogen-bond donors (Lipinski definition) is 15. The molecule has 33 heteroatoms. The quantitative estimate of drug-likeness (QED) is 0.0855. The molecule has 0 radical (unpaired) electrons. The predicted octanol–water partition coefficient (Wildman–Crippen LogP) is -1.28. The van der Waals surface area contributed by atoms with E-state index in [-0.39, 0.29) is 12.8 Å². The fourth-order valence-electron chi connectivity index (χ4n) is 5.19. The largest absolute Gasteiger partial charge is 0.401 e. The average molecular weight is 796 g/mol. The van der Waals surface area contributed by atoms with Gasteiger partial charge in [0.1, 0.15) is 0 Å². The van der Waals surface area contributed by atoms with E-state index in [0.29, 0.717) is 0 Å². The van der Waals surface area contributed by atoms with Gasteiger partial charge in [0, 0.05) is 6.42 Å². The van der Waals surface area contributed by atoms with Crippen LogP contribution in [-0.4, -0.2) is 106 Å². The first kappa shape index (κ1) is 42.2. The van der Waals surface area contributed by atoms with Crippen molar-refractivity contribution >= 4 is 60.8 Å². The van der Waals surface area contributed by atoms with Crippen molar-refractivity contribution in [2.24, 2.45) is 0 Å². The van der Waals surface area contributed by atoms with Gasteiger partial charge in [0.25, 0.3) is 16.6 Å². The molecule has 25 nitrogen and oxygen atoms in total. The van der Waals surface area contributed by atoms with Crippen LogP contribution in [0.15, 0.2) is 0 Å². The fraction of sp³-hybridized carbons (Fsp3) is 1.00. The maximum atomic E-state index is 13.9. The second-order valence-corrected chi connectivity index (χ2v) is 24.7. The molecule has 0 aliphatic carbocycles. The first-order chi connectivity index (χ1) is 18.6. The van der Waals surface area contributed by atoms with E-state index in [1.54, 1.807) is 0 Å². The molecule has 1 aliphatic heterocycles. The van der Waals surface area contributed by atoms with Crippen LogP contribution < -0.4 is 0 Å². The van der Waals surface area contributed by atoms with Gasteiger partial charge in [0.15, 0.2) is 0 Å². The van der Waals surface area contributed by atoms with Gasteiger partial charge < -0.3 is 77.9 Å². The van der Waals surface area contributed by atoms with Crippen molar-refractivity contribution in [3.8, 4) is 0 Å². The minimum Gasteiger partial charge on any atom is -0.320 e. The molecule has 2 unspecified atom stereocenters. The van der Waals surface area contributed by atoms with Gasteiger partial charge in [0.2, 0.25) is 0 Å². The third-order valence-electron chi connectivity index (χ3n) is 6.16. The second kappa shape index (κ2) is 12.9. The fourth-order valence-corrected chi connectivity index (χ4v) is 22.6. The molecule has 0 aromatic rings. The third-order valence-corrected chi connectivity index (χ3v) is 22.5. The number of quaternary nitrogens is 1. The highest BCUT2D eigenvalue weighted by Gasteiger charge is 2.91. The molecule has 43 heavy (non-hydrogen) atoms. The van der Waals surface area contributed by atoms with Gasteiger partial charge in [0.05, 0.1) is 6.61 Å². The van der Waals surface area contributed by atoms with Crippen molar-refractivity contribution < 1.29 is 119 Å². The summed E-state index contributed by atoms with van der Waals surface area (Å²) in [6.45, 7) is -1.17. The molecule has 2 atom stereocenters. The van der Waals surface area contributed by atoms with Crippen LogP contribution in [-0.2, 0) is 41.0 Å². The summed E-state index contributed by atoms with van der Waals surface area (Å²) in [4.78, 5) is 153. The van der Waals surface area contributed by atoms with Crippen LogP contribution >= 0.6 is 60.8 Å². The van der Waals surface area contributed by atoms with Gasteiger partial charge >= 0.3 is 65.8 Å². The standard InChI is InChI=1S/C10H29NO24P8/c12-36(13,14)7(37(15,16)17)11(8(38(18,19)20)39(21,22)23,9(40(24,25)26)41(27,28)29)10(42(30,31)32)5-3-1-2-4-6-35-43(10,33)34/h7-9H,1-6H2,(H14-,12,13,14,15,16,17,18,19,20,21,22,23,24,25,26,27,28,29,30,31,32,33,34)/p+1. The van der Waals surface area contributed by atoms with Crippen molar-refractivity contribution in [3.05, 3.63) is 0 Å². The molecule has 1 rings (SSSR count). The van der Waals surface area contributed by atoms with Gasteiger partial charge in [-0.25, -0.2) is 4.48 Å². The topological polar surface area (TPSA) is 449 Å². The van der Waals surface area contributed by atoms with Crippen molar-refractivity contribution in [1.29, 1.82) is 0 Å². The van der Waals surface area contributed by atoms with E-state index in [1.807, 2.05) is 0 Å². The van der Waals surface area contributed by atoms with Gasteiger partial charge in [-0.2, -0.15) is 0 Å². The Bertz CT molecular complexity index is 1250. The minimum atomic E-state index is -7.49. The summed E-state index contributed by atoms with van der Waals surface area (Å²) in [5.41, 5.74) is -15.3. The highest BCUT2D eigenvalue weighted by Crippen LogP contribution is 2.89. The summed E-state index contributed by atoms with van der Waals surface area (Å²) in [6.07, 6.45) is -4.18. The molecule has 15 N–H and O–H groups in total. The lowest BCUT2D eigenvalue weighted by Gasteiger charge is -2.60. The summed E-state index contributed by atoms with van der Waals surface area (Å²) in [5.74, 6) is 0. The molecule has 258 valence electrons. The molecular formula is C10H30NO24P8+. The monoisotopic (exact) mass is 796 g/mol. The van der Waals surface area contributed by atoms with Crippen molar-refractivity contribution in [2.45, 2.75) is 53.7 Å². The molecule has 0 aromatic carbocycles. The van der Waals surface area contributed by atoms with Crippen molar-refractivity contribution in [3.63, 3.8) is 0 Å². The van der Waals surface area contributed by atoms with Crippen LogP contribution in [0.4, 0.5) is 0 Å². The Balaban J connectivity index is 5.43. The van der Waals surface area contributed by atoms with E-state index in [0.717, 1.165) is 0 Å². The predicted molar refractivity (Wildman–Crippen MR) is 138 cm³/mol. The van der Waals surface area contributed by atoms with Crippen molar-refractivity contribution in [1.82, 2.24) is 0 Å². The zero-order chi connectivity index (χ0) is 34.7. The highest BCUT2D eigenvalue weighted by atomic mass is 31.3. The number of nitrogens with zero attached hydrogens (tertiary/aromatic N) is 1. The number of rotatable bonds is 11. The van der Waals surface area contributed by atoms with Crippen LogP contribution in [0.3, 0.4) is 0 Å². The van der Waals surface area contributed by atoms with E-state index in [2.05, 4.69) is 4.52 Å². The molecule has 0 amide bonds. The normalized spacial score (nSPS) is 25.1. The summed E-state index contributed by atoms with van der Waals surface area (Å²) in [6, 6.07) is 0. The average Bonchev–Trinajstić information content (AvgIpc) is 2.68. The van der Waals surface area contributed by atoms with E-state index < -0.39 is 113 Å². The molecule has 1 fully saturated rings. The van der Waals surface area contributed by atoms with Crippen molar-refractivity contribution in [2.75, 3.05) is 6.61 Å². The summed E-state index contributed by atoms with van der Waals surface area (Å²) >= 11 is 0. The minimum absolute atomic E-state index is 0.140. The van der Waals surface area contributed by atoms with Crippen LogP contribution in [0.25, 0.3) is 0 Å². The van der Waals surface area contributed by atoms with E-state index in [1.165, 1.54) is 0 Å². The van der Waals surface area contributed by atoms with E-state index in [9.17, 15) is 110 Å². The lowest BCUT2D eigenvalue weighted by molar-refractivity contribution is -0.954. The molecule has 1 heterocycles. The Morgan fingerprint density at radius 1 is 0.535 bits per heavy atom. The Kier molecular flexibility index (Phi) is 12.6. The highest BCUT2D eigenvalue weighted by molar-refractivity contribution is 7.75. The summed E-state index contributed by atoms with van der Waals surface area (Å²) in [7, 11) is -59.4. The maximum Gasteiger partial charge on any atom is 0.401 e. The Labute approximate surface area is 240 Å². The first-order valence-electron chi connectivity index (χ1n) is 10.8. The number of hydrogen-bond acceptors (Lipinski definition) is 9. The Morgan fingerprint density at radius 3 is 1.07 bits per heavy atom. The van der Waals surface area contributed by atoms with Gasteiger partial charge in [-0.15, -0.1) is 0 Å². The molecule has 0 saturated carbocycles. The van der Waals surface area contributed by atoms with Crippen LogP contribution in [0.2, 0.25) is 0 Å². The van der Waals surface area contributed by atoms with Gasteiger partial charge in [-0.05, 0) is 12.8 Å². The maximum absolute atomic E-state index is 13.9. The smallest absolute Gasteiger partial charge is 0.320 e. The SMILES string of the molecule is O=P(O)(O)C([N+](C(P(=O)(O)O)P(=O)(O)O)(C(P(=O)(O)O)P(=O)(O)O)C1(P(=O)(O)O)CCCCCCOP1(=O)O)P(=O)(O)O. The Morgan fingerprint density at radius 2 is 0.814 bits per heavy atom. The third kappa shape index (κ3) is 8.25. The molecular weight excluding hydrogens is 766 g/mol. The lowest BCUT2D eigenvalue weighted by atomic mass is 10.1. The summed E-state index contributed by atoms with van der Waals surface area (Å²) in [5, 5.41) is -5.36. The molecule has 0 spiro atoms. The zero-order valence-corrected chi connectivity index (χ0v) is 28.0. The first-order valence-corrected chi connectivity index (χ1v) is 24.1. The van der Waals surface area contributed by atoms with Crippen LogP contribution in [0.5, 0.6) is 0 Å².